The quantitative estimate of drug-likeness (QED) is 0.747. The van der Waals surface area contributed by atoms with Crippen molar-refractivity contribution in [3.05, 3.63) is 29.6 Å². The minimum Gasteiger partial charge on any atom is -0.376 e. The third kappa shape index (κ3) is 1.71. The second-order valence-electron chi connectivity index (χ2n) is 4.54. The van der Waals surface area contributed by atoms with Crippen LogP contribution in [0.1, 0.15) is 23.2 Å². The molecular formula is C13H12FNO3. The minimum absolute atomic E-state index is 0.0299. The van der Waals surface area contributed by atoms with E-state index in [2.05, 4.69) is 0 Å². The molecule has 2 heterocycles. The van der Waals surface area contributed by atoms with E-state index in [1.807, 2.05) is 0 Å². The van der Waals surface area contributed by atoms with E-state index in [4.69, 9.17) is 4.74 Å². The molecule has 1 fully saturated rings. The van der Waals surface area contributed by atoms with Crippen LogP contribution >= 0.6 is 0 Å². The summed E-state index contributed by atoms with van der Waals surface area (Å²) in [7, 11) is 0. The first kappa shape index (κ1) is 11.3. The summed E-state index contributed by atoms with van der Waals surface area (Å²) in [4.78, 5) is 25.0. The van der Waals surface area contributed by atoms with Crippen LogP contribution in [0, 0.1) is 5.82 Å². The van der Waals surface area contributed by atoms with Gasteiger partial charge >= 0.3 is 0 Å². The van der Waals surface area contributed by atoms with Crippen molar-refractivity contribution in [2.45, 2.75) is 18.9 Å². The monoisotopic (exact) mass is 249 g/mol. The van der Waals surface area contributed by atoms with Gasteiger partial charge in [0.15, 0.2) is 0 Å². The molecule has 0 spiro atoms. The highest BCUT2D eigenvalue weighted by atomic mass is 19.1. The number of amides is 1. The molecule has 0 bridgehead atoms. The molecule has 0 aromatic heterocycles. The molecule has 18 heavy (non-hydrogen) atoms. The molecule has 0 saturated carbocycles. The summed E-state index contributed by atoms with van der Waals surface area (Å²) in [5.41, 5.74) is 0.639. The first-order chi connectivity index (χ1) is 8.66. The van der Waals surface area contributed by atoms with Crippen LogP contribution in [0.4, 0.5) is 10.1 Å². The van der Waals surface area contributed by atoms with Crippen LogP contribution in [0.3, 0.4) is 0 Å². The molecule has 94 valence electrons. The zero-order chi connectivity index (χ0) is 12.7. The summed E-state index contributed by atoms with van der Waals surface area (Å²) in [5, 5.41) is 0. The van der Waals surface area contributed by atoms with Gasteiger partial charge < -0.3 is 9.64 Å². The van der Waals surface area contributed by atoms with E-state index >= 15 is 0 Å². The van der Waals surface area contributed by atoms with E-state index in [1.165, 1.54) is 17.0 Å². The van der Waals surface area contributed by atoms with Crippen molar-refractivity contribution in [3.63, 3.8) is 0 Å². The Morgan fingerprint density at radius 1 is 1.39 bits per heavy atom. The topological polar surface area (TPSA) is 46.6 Å². The fourth-order valence-electron chi connectivity index (χ4n) is 2.45. The van der Waals surface area contributed by atoms with Gasteiger partial charge in [0.2, 0.25) is 0 Å². The smallest absolute Gasteiger partial charge is 0.299 e. The number of hydrogen-bond donors (Lipinski definition) is 0. The molecule has 1 aromatic carbocycles. The number of ether oxygens (including phenoxy) is 1. The van der Waals surface area contributed by atoms with E-state index in [-0.39, 0.29) is 11.7 Å². The molecule has 4 nitrogen and oxygen atoms in total. The average molecular weight is 249 g/mol. The number of benzene rings is 1. The van der Waals surface area contributed by atoms with Crippen molar-refractivity contribution >= 4 is 17.4 Å². The molecule has 0 radical (unpaired) electrons. The fraction of sp³-hybridized carbons (Fsp3) is 0.385. The Kier molecular flexibility index (Phi) is 2.63. The Balaban J connectivity index is 1.91. The largest absolute Gasteiger partial charge is 0.376 e. The van der Waals surface area contributed by atoms with Crippen molar-refractivity contribution in [1.82, 2.24) is 0 Å². The standard InChI is InChI=1S/C13H12FNO3/c14-8-3-4-11-10(6-8)12(16)13(17)15(11)7-9-2-1-5-18-9/h3-4,6,9H,1-2,5,7H2. The molecule has 1 amide bonds. The van der Waals surface area contributed by atoms with Gasteiger partial charge in [-0.3, -0.25) is 9.59 Å². The van der Waals surface area contributed by atoms with Gasteiger partial charge in [-0.25, -0.2) is 4.39 Å². The molecule has 2 aliphatic heterocycles. The van der Waals surface area contributed by atoms with E-state index in [9.17, 15) is 14.0 Å². The molecule has 0 aliphatic carbocycles. The minimum atomic E-state index is -0.637. The highest BCUT2D eigenvalue weighted by molar-refractivity contribution is 6.52. The van der Waals surface area contributed by atoms with Crippen molar-refractivity contribution in [2.24, 2.45) is 0 Å². The van der Waals surface area contributed by atoms with Crippen LogP contribution in [0.2, 0.25) is 0 Å². The number of carbonyl (C=O) groups excluding carboxylic acids is 2. The lowest BCUT2D eigenvalue weighted by atomic mass is 10.1. The molecule has 1 saturated heterocycles. The second-order valence-corrected chi connectivity index (χ2v) is 4.54. The highest BCUT2D eigenvalue weighted by Crippen LogP contribution is 2.30. The number of anilines is 1. The van der Waals surface area contributed by atoms with E-state index in [0.717, 1.165) is 18.9 Å². The summed E-state index contributed by atoms with van der Waals surface area (Å²) in [6.07, 6.45) is 1.82. The molecule has 1 atom stereocenters. The van der Waals surface area contributed by atoms with E-state index in [0.29, 0.717) is 18.8 Å². The first-order valence-corrected chi connectivity index (χ1v) is 5.94. The lowest BCUT2D eigenvalue weighted by Gasteiger charge is -2.20. The number of fused-ring (bicyclic) bond motifs is 1. The first-order valence-electron chi connectivity index (χ1n) is 5.94. The second kappa shape index (κ2) is 4.17. The summed E-state index contributed by atoms with van der Waals surface area (Å²) in [5.74, 6) is -1.73. The van der Waals surface area contributed by atoms with Crippen LogP contribution in [0.5, 0.6) is 0 Å². The van der Waals surface area contributed by atoms with Crippen molar-refractivity contribution in [1.29, 1.82) is 0 Å². The number of nitrogens with zero attached hydrogens (tertiary/aromatic N) is 1. The highest BCUT2D eigenvalue weighted by Gasteiger charge is 2.37. The average Bonchev–Trinajstić information content (AvgIpc) is 2.94. The molecule has 1 unspecified atom stereocenters. The lowest BCUT2D eigenvalue weighted by Crippen LogP contribution is -2.36. The van der Waals surface area contributed by atoms with Gasteiger partial charge in [-0.2, -0.15) is 0 Å². The maximum absolute atomic E-state index is 13.1. The Morgan fingerprint density at radius 2 is 2.22 bits per heavy atom. The van der Waals surface area contributed by atoms with Crippen molar-refractivity contribution in [2.75, 3.05) is 18.1 Å². The Morgan fingerprint density at radius 3 is 2.94 bits per heavy atom. The third-order valence-electron chi connectivity index (χ3n) is 3.34. The Bertz CT molecular complexity index is 523. The van der Waals surface area contributed by atoms with Gasteiger partial charge in [0.25, 0.3) is 11.7 Å². The predicted octanol–water partition coefficient (Wildman–Crippen LogP) is 1.53. The van der Waals surface area contributed by atoms with Crippen LogP contribution in [0.25, 0.3) is 0 Å². The number of ketones is 1. The van der Waals surface area contributed by atoms with Gasteiger partial charge in [0, 0.05) is 6.61 Å². The molecule has 0 N–H and O–H groups in total. The lowest BCUT2D eigenvalue weighted by molar-refractivity contribution is -0.114. The number of rotatable bonds is 2. The van der Waals surface area contributed by atoms with Crippen molar-refractivity contribution < 1.29 is 18.7 Å². The van der Waals surface area contributed by atoms with Crippen LogP contribution in [-0.2, 0) is 9.53 Å². The Labute approximate surface area is 103 Å². The number of carbonyl (C=O) groups is 2. The molecule has 3 rings (SSSR count). The van der Waals surface area contributed by atoms with E-state index in [1.54, 1.807) is 0 Å². The fourth-order valence-corrected chi connectivity index (χ4v) is 2.45. The predicted molar refractivity (Wildman–Crippen MR) is 62.1 cm³/mol. The Hall–Kier alpha value is -1.75. The summed E-state index contributed by atoms with van der Waals surface area (Å²) >= 11 is 0. The third-order valence-corrected chi connectivity index (χ3v) is 3.34. The summed E-state index contributed by atoms with van der Waals surface area (Å²) in [6.45, 7) is 1.06. The van der Waals surface area contributed by atoms with Gasteiger partial charge in [-0.15, -0.1) is 0 Å². The van der Waals surface area contributed by atoms with Crippen molar-refractivity contribution in [3.8, 4) is 0 Å². The zero-order valence-corrected chi connectivity index (χ0v) is 9.69. The van der Waals surface area contributed by atoms with Gasteiger partial charge in [0.1, 0.15) is 5.82 Å². The number of hydrogen-bond acceptors (Lipinski definition) is 3. The van der Waals surface area contributed by atoms with Crippen LogP contribution in [-0.4, -0.2) is 30.9 Å². The van der Waals surface area contributed by atoms with Crippen LogP contribution in [0.15, 0.2) is 18.2 Å². The maximum atomic E-state index is 13.1. The van der Waals surface area contributed by atoms with E-state index < -0.39 is 17.5 Å². The maximum Gasteiger partial charge on any atom is 0.299 e. The molecule has 2 aliphatic rings. The molecular weight excluding hydrogens is 237 g/mol. The summed E-state index contributed by atoms with van der Waals surface area (Å²) < 4.78 is 18.5. The zero-order valence-electron chi connectivity index (χ0n) is 9.69. The van der Waals surface area contributed by atoms with Crippen LogP contribution < -0.4 is 4.90 Å². The molecule has 5 heteroatoms. The van der Waals surface area contributed by atoms with Gasteiger partial charge in [-0.1, -0.05) is 0 Å². The number of halogens is 1. The summed E-state index contributed by atoms with van der Waals surface area (Å²) in [6, 6.07) is 3.85. The van der Waals surface area contributed by atoms with Gasteiger partial charge in [-0.05, 0) is 31.0 Å². The number of Topliss-reactive ketones (excluding diaryl/α,β-unsaturated/α-hetero) is 1. The van der Waals surface area contributed by atoms with Gasteiger partial charge in [0.05, 0.1) is 23.9 Å². The molecule has 1 aromatic rings. The normalized spacial score (nSPS) is 22.7. The SMILES string of the molecule is O=C1C(=O)N(CC2CCCO2)c2ccc(F)cc21.